The van der Waals surface area contributed by atoms with E-state index in [0.717, 1.165) is 12.1 Å². The Balaban J connectivity index is 2.25. The van der Waals surface area contributed by atoms with Crippen LogP contribution in [0.25, 0.3) is 0 Å². The van der Waals surface area contributed by atoms with Crippen molar-refractivity contribution >= 4 is 11.4 Å². The number of nitro groups is 1. The number of alkyl halides is 3. The molecule has 1 aliphatic heterocycles. The number of nitrogens with zero attached hydrogens (tertiary/aromatic N) is 4. The smallest absolute Gasteiger partial charge is 0.363 e. The first-order chi connectivity index (χ1) is 10.3. The second kappa shape index (κ2) is 6.19. The molecular formula is C13H13F3N4O2. The lowest BCUT2D eigenvalue weighted by molar-refractivity contribution is -0.384. The van der Waals surface area contributed by atoms with Gasteiger partial charge in [0.1, 0.15) is 5.69 Å². The summed E-state index contributed by atoms with van der Waals surface area (Å²) >= 11 is 0. The van der Waals surface area contributed by atoms with Gasteiger partial charge < -0.3 is 4.90 Å². The number of hydrogen-bond acceptors (Lipinski definition) is 5. The summed E-state index contributed by atoms with van der Waals surface area (Å²) in [6.07, 6.45) is -4.62. The number of piperazine rings is 1. The monoisotopic (exact) mass is 314 g/mol. The van der Waals surface area contributed by atoms with Gasteiger partial charge in [0.25, 0.3) is 5.69 Å². The highest BCUT2D eigenvalue weighted by Crippen LogP contribution is 2.36. The molecule has 0 spiro atoms. The minimum atomic E-state index is -4.62. The fourth-order valence-corrected chi connectivity index (χ4v) is 2.36. The SMILES string of the molecule is N#CCN1CCN(c2ccc(C(F)(F)F)cc2[N+](=O)[O-])CC1. The Kier molecular flexibility index (Phi) is 4.51. The van der Waals surface area contributed by atoms with Gasteiger partial charge in [-0.2, -0.15) is 18.4 Å². The Morgan fingerprint density at radius 3 is 2.41 bits per heavy atom. The molecule has 1 fully saturated rings. The van der Waals surface area contributed by atoms with Crippen LogP contribution in [0.3, 0.4) is 0 Å². The quantitative estimate of drug-likeness (QED) is 0.486. The Morgan fingerprint density at radius 2 is 1.91 bits per heavy atom. The third-order valence-corrected chi connectivity index (χ3v) is 3.51. The predicted molar refractivity (Wildman–Crippen MR) is 72.4 cm³/mol. The van der Waals surface area contributed by atoms with Crippen LogP contribution >= 0.6 is 0 Å². The summed E-state index contributed by atoms with van der Waals surface area (Å²) in [5.41, 5.74) is -1.41. The number of rotatable bonds is 3. The van der Waals surface area contributed by atoms with Gasteiger partial charge in [0.15, 0.2) is 0 Å². The molecule has 0 amide bonds. The number of hydrogen-bond donors (Lipinski definition) is 0. The normalized spacial score (nSPS) is 16.4. The average molecular weight is 314 g/mol. The Morgan fingerprint density at radius 1 is 1.27 bits per heavy atom. The van der Waals surface area contributed by atoms with Crippen LogP contribution in [0.15, 0.2) is 18.2 Å². The van der Waals surface area contributed by atoms with Gasteiger partial charge in [0, 0.05) is 32.2 Å². The van der Waals surface area contributed by atoms with Crippen molar-refractivity contribution < 1.29 is 18.1 Å². The van der Waals surface area contributed by atoms with Crippen molar-refractivity contribution in [2.45, 2.75) is 6.18 Å². The maximum absolute atomic E-state index is 12.7. The molecule has 0 atom stereocenters. The summed E-state index contributed by atoms with van der Waals surface area (Å²) in [6.45, 7) is 2.18. The summed E-state index contributed by atoms with van der Waals surface area (Å²) in [6, 6.07) is 4.58. The van der Waals surface area contributed by atoms with Crippen molar-refractivity contribution in [3.05, 3.63) is 33.9 Å². The van der Waals surface area contributed by atoms with Crippen LogP contribution in [-0.4, -0.2) is 42.5 Å². The topological polar surface area (TPSA) is 73.4 Å². The Bertz CT molecular complexity index is 604. The van der Waals surface area contributed by atoms with Gasteiger partial charge in [0.05, 0.1) is 23.1 Å². The molecule has 1 saturated heterocycles. The second-order valence-corrected chi connectivity index (χ2v) is 4.88. The fourth-order valence-electron chi connectivity index (χ4n) is 2.36. The highest BCUT2D eigenvalue weighted by atomic mass is 19.4. The Hall–Kier alpha value is -2.34. The van der Waals surface area contributed by atoms with Crippen molar-refractivity contribution in [2.75, 3.05) is 37.6 Å². The van der Waals surface area contributed by atoms with Crippen LogP contribution < -0.4 is 4.90 Å². The summed E-state index contributed by atoms with van der Waals surface area (Å²) in [5.74, 6) is 0. The lowest BCUT2D eigenvalue weighted by Crippen LogP contribution is -2.46. The van der Waals surface area contributed by atoms with Crippen molar-refractivity contribution in [2.24, 2.45) is 0 Å². The van der Waals surface area contributed by atoms with Crippen LogP contribution in [0.5, 0.6) is 0 Å². The van der Waals surface area contributed by atoms with Crippen molar-refractivity contribution in [1.29, 1.82) is 5.26 Å². The zero-order valence-corrected chi connectivity index (χ0v) is 11.5. The molecule has 1 heterocycles. The van der Waals surface area contributed by atoms with Gasteiger partial charge in [-0.1, -0.05) is 0 Å². The number of anilines is 1. The fraction of sp³-hybridized carbons (Fsp3) is 0.462. The van der Waals surface area contributed by atoms with E-state index < -0.39 is 22.4 Å². The highest BCUT2D eigenvalue weighted by molar-refractivity contribution is 5.65. The molecule has 6 nitrogen and oxygen atoms in total. The van der Waals surface area contributed by atoms with E-state index in [1.165, 1.54) is 0 Å². The molecule has 1 aromatic rings. The van der Waals surface area contributed by atoms with Gasteiger partial charge in [-0.25, -0.2) is 0 Å². The maximum atomic E-state index is 12.7. The lowest BCUT2D eigenvalue weighted by Gasteiger charge is -2.34. The third kappa shape index (κ3) is 3.46. The molecule has 0 bridgehead atoms. The minimum absolute atomic E-state index is 0.176. The molecule has 118 valence electrons. The average Bonchev–Trinajstić information content (AvgIpc) is 2.47. The van der Waals surface area contributed by atoms with Crippen molar-refractivity contribution in [3.8, 4) is 6.07 Å². The Labute approximate surface area is 124 Å². The number of nitriles is 1. The molecule has 0 aliphatic carbocycles. The molecule has 0 N–H and O–H groups in total. The first-order valence-corrected chi connectivity index (χ1v) is 6.53. The van der Waals surface area contributed by atoms with Crippen LogP contribution in [0.4, 0.5) is 24.5 Å². The first kappa shape index (κ1) is 16.0. The zero-order valence-electron chi connectivity index (χ0n) is 11.5. The molecule has 0 radical (unpaired) electrons. The van der Waals surface area contributed by atoms with E-state index in [-0.39, 0.29) is 12.2 Å². The largest absolute Gasteiger partial charge is 0.416 e. The predicted octanol–water partition coefficient (Wildman–Crippen LogP) is 2.26. The molecule has 22 heavy (non-hydrogen) atoms. The maximum Gasteiger partial charge on any atom is 0.416 e. The van der Waals surface area contributed by atoms with E-state index >= 15 is 0 Å². The van der Waals surface area contributed by atoms with Crippen LogP contribution in [0.2, 0.25) is 0 Å². The summed E-state index contributed by atoms with van der Waals surface area (Å²) < 4.78 is 38.0. The van der Waals surface area contributed by atoms with Crippen LogP contribution in [-0.2, 0) is 6.18 Å². The van der Waals surface area contributed by atoms with Gasteiger partial charge in [0.2, 0.25) is 0 Å². The van der Waals surface area contributed by atoms with Crippen LogP contribution in [0, 0.1) is 21.4 Å². The minimum Gasteiger partial charge on any atom is -0.363 e. The standard InChI is InChI=1S/C13H13F3N4O2/c14-13(15,16)10-1-2-11(12(9-10)20(21)22)19-7-5-18(4-3-17)6-8-19/h1-2,9H,4-8H2. The molecule has 0 aromatic heterocycles. The van der Waals surface area contributed by atoms with Crippen LogP contribution in [0.1, 0.15) is 5.56 Å². The number of benzene rings is 1. The third-order valence-electron chi connectivity index (χ3n) is 3.51. The van der Waals surface area contributed by atoms with E-state index in [0.29, 0.717) is 32.2 Å². The molecule has 2 rings (SSSR count). The van der Waals surface area contributed by atoms with Gasteiger partial charge in [-0.05, 0) is 12.1 Å². The zero-order chi connectivity index (χ0) is 16.3. The van der Waals surface area contributed by atoms with E-state index in [1.807, 2.05) is 11.0 Å². The van der Waals surface area contributed by atoms with Crippen molar-refractivity contribution in [1.82, 2.24) is 4.90 Å². The van der Waals surface area contributed by atoms with E-state index in [4.69, 9.17) is 5.26 Å². The van der Waals surface area contributed by atoms with Gasteiger partial charge in [-0.3, -0.25) is 15.0 Å². The summed E-state index contributed by atoms with van der Waals surface area (Å²) in [4.78, 5) is 13.8. The lowest BCUT2D eigenvalue weighted by atomic mass is 10.1. The van der Waals surface area contributed by atoms with Gasteiger partial charge >= 0.3 is 6.18 Å². The van der Waals surface area contributed by atoms with E-state index in [1.54, 1.807) is 4.90 Å². The number of halogens is 3. The molecular weight excluding hydrogens is 301 g/mol. The van der Waals surface area contributed by atoms with E-state index in [2.05, 4.69) is 0 Å². The van der Waals surface area contributed by atoms with Gasteiger partial charge in [-0.15, -0.1) is 0 Å². The molecule has 1 aromatic carbocycles. The number of nitro benzene ring substituents is 1. The second-order valence-electron chi connectivity index (χ2n) is 4.88. The summed E-state index contributed by atoms with van der Waals surface area (Å²) in [5, 5.41) is 19.7. The van der Waals surface area contributed by atoms with Crippen molar-refractivity contribution in [3.63, 3.8) is 0 Å². The molecule has 0 saturated carbocycles. The first-order valence-electron chi connectivity index (χ1n) is 6.53. The molecule has 9 heteroatoms. The molecule has 0 unspecified atom stereocenters. The summed E-state index contributed by atoms with van der Waals surface area (Å²) in [7, 11) is 0. The highest BCUT2D eigenvalue weighted by Gasteiger charge is 2.34. The van der Waals surface area contributed by atoms with E-state index in [9.17, 15) is 23.3 Å². The molecule has 1 aliphatic rings.